The van der Waals surface area contributed by atoms with Crippen LogP contribution < -0.4 is 9.64 Å². The molecule has 1 aliphatic heterocycles. The van der Waals surface area contributed by atoms with Gasteiger partial charge in [-0.05, 0) is 44.2 Å². The summed E-state index contributed by atoms with van der Waals surface area (Å²) in [5, 5.41) is 0.688. The first-order valence-corrected chi connectivity index (χ1v) is 11.5. The number of aromatic amines is 1. The number of piperazine rings is 1. The Morgan fingerprint density at radius 1 is 1.16 bits per heavy atom. The zero-order valence-corrected chi connectivity index (χ0v) is 18.9. The van der Waals surface area contributed by atoms with E-state index in [2.05, 4.69) is 9.97 Å². The highest BCUT2D eigenvalue weighted by molar-refractivity contribution is 7.99. The largest absolute Gasteiger partial charge is 0.494 e. The van der Waals surface area contributed by atoms with Crippen LogP contribution in [0.15, 0.2) is 41.6 Å². The van der Waals surface area contributed by atoms with Gasteiger partial charge in [0, 0.05) is 37.8 Å². The summed E-state index contributed by atoms with van der Waals surface area (Å²) in [4.78, 5) is 35.5. The van der Waals surface area contributed by atoms with Crippen LogP contribution in [0.2, 0.25) is 0 Å². The molecule has 3 aromatic rings. The molecule has 0 spiro atoms. The molecule has 0 radical (unpaired) electrons. The lowest BCUT2D eigenvalue weighted by Gasteiger charge is -2.36. The number of carbonyl (C=O) groups excluding carboxylic acids is 2. The van der Waals surface area contributed by atoms with Gasteiger partial charge >= 0.3 is 0 Å². The number of nitrogens with zero attached hydrogens (tertiary/aromatic N) is 3. The maximum atomic E-state index is 14.4. The highest BCUT2D eigenvalue weighted by atomic mass is 32.2. The van der Waals surface area contributed by atoms with E-state index >= 15 is 0 Å². The molecule has 1 aliphatic rings. The third-order valence-electron chi connectivity index (χ3n) is 5.40. The van der Waals surface area contributed by atoms with Crippen molar-refractivity contribution in [1.82, 2.24) is 14.9 Å². The van der Waals surface area contributed by atoms with Crippen molar-refractivity contribution in [1.29, 1.82) is 0 Å². The van der Waals surface area contributed by atoms with Crippen LogP contribution in [-0.2, 0) is 4.79 Å². The van der Waals surface area contributed by atoms with Crippen molar-refractivity contribution in [2.24, 2.45) is 0 Å². The lowest BCUT2D eigenvalue weighted by molar-refractivity contribution is -0.128. The Balaban J connectivity index is 1.31. The number of ether oxygens (including phenoxy) is 1. The van der Waals surface area contributed by atoms with Crippen molar-refractivity contribution in [2.75, 3.05) is 43.4 Å². The number of H-pyrrole nitrogens is 1. The normalized spacial score (nSPS) is 14.1. The van der Waals surface area contributed by atoms with Crippen LogP contribution in [0, 0.1) is 5.82 Å². The molecule has 0 unspecified atom stereocenters. The molecule has 0 aliphatic carbocycles. The van der Waals surface area contributed by atoms with Crippen molar-refractivity contribution < 1.29 is 18.7 Å². The van der Waals surface area contributed by atoms with E-state index in [1.807, 2.05) is 30.0 Å². The van der Waals surface area contributed by atoms with Gasteiger partial charge in [0.25, 0.3) is 0 Å². The molecule has 1 aromatic heterocycles. The molecule has 1 fully saturated rings. The number of Topliss-reactive ketones (excluding diaryl/α,β-unsaturated/α-hetero) is 1. The zero-order chi connectivity index (χ0) is 22.7. The minimum atomic E-state index is -0.412. The average molecular weight is 457 g/mol. The fourth-order valence-electron chi connectivity index (χ4n) is 3.69. The molecular weight excluding hydrogens is 431 g/mol. The summed E-state index contributed by atoms with van der Waals surface area (Å²) >= 11 is 1.37. The van der Waals surface area contributed by atoms with Crippen LogP contribution in [0.1, 0.15) is 24.2 Å². The van der Waals surface area contributed by atoms with Crippen molar-refractivity contribution in [3.05, 3.63) is 47.8 Å². The molecular formula is C23H25FN4O3S. The summed E-state index contributed by atoms with van der Waals surface area (Å²) in [5.41, 5.74) is 2.52. The second kappa shape index (κ2) is 9.60. The summed E-state index contributed by atoms with van der Waals surface area (Å²) in [6, 6.07) is 10.2. The van der Waals surface area contributed by atoms with Crippen LogP contribution in [0.25, 0.3) is 11.0 Å². The second-order valence-corrected chi connectivity index (χ2v) is 8.50. The summed E-state index contributed by atoms with van der Waals surface area (Å²) in [5.74, 6) is 0.506. The van der Waals surface area contributed by atoms with Gasteiger partial charge in [0.2, 0.25) is 5.91 Å². The number of amides is 1. The fraction of sp³-hybridized carbons (Fsp3) is 0.348. The number of hydrogen-bond acceptors (Lipinski definition) is 6. The smallest absolute Gasteiger partial charge is 0.233 e. The maximum absolute atomic E-state index is 14.4. The van der Waals surface area contributed by atoms with E-state index < -0.39 is 5.82 Å². The van der Waals surface area contributed by atoms with Crippen molar-refractivity contribution in [3.63, 3.8) is 0 Å². The van der Waals surface area contributed by atoms with E-state index in [1.165, 1.54) is 24.8 Å². The Morgan fingerprint density at radius 3 is 2.62 bits per heavy atom. The molecule has 168 valence electrons. The van der Waals surface area contributed by atoms with Crippen LogP contribution in [0.3, 0.4) is 0 Å². The molecule has 4 rings (SSSR count). The first kappa shape index (κ1) is 22.1. The number of ketones is 1. The van der Waals surface area contributed by atoms with Gasteiger partial charge in [-0.25, -0.2) is 9.37 Å². The van der Waals surface area contributed by atoms with Gasteiger partial charge in [-0.3, -0.25) is 9.59 Å². The van der Waals surface area contributed by atoms with Gasteiger partial charge in [-0.2, -0.15) is 0 Å². The molecule has 2 heterocycles. The van der Waals surface area contributed by atoms with Crippen molar-refractivity contribution in [2.45, 2.75) is 19.0 Å². The molecule has 1 saturated heterocycles. The fourth-order valence-corrected chi connectivity index (χ4v) is 4.48. The molecule has 7 nitrogen and oxygen atoms in total. The van der Waals surface area contributed by atoms with E-state index in [1.54, 1.807) is 17.0 Å². The predicted octanol–water partition coefficient (Wildman–Crippen LogP) is 3.74. The second-order valence-electron chi connectivity index (χ2n) is 7.53. The Bertz CT molecular complexity index is 1140. The summed E-state index contributed by atoms with van der Waals surface area (Å²) in [6.07, 6.45) is 0. The number of hydrogen-bond donors (Lipinski definition) is 1. The molecule has 1 amide bonds. The number of halogens is 1. The Morgan fingerprint density at radius 2 is 1.94 bits per heavy atom. The minimum absolute atomic E-state index is 0.0255. The highest BCUT2D eigenvalue weighted by Crippen LogP contribution is 2.25. The number of fused-ring (bicyclic) bond motifs is 1. The predicted molar refractivity (Wildman–Crippen MR) is 123 cm³/mol. The van der Waals surface area contributed by atoms with E-state index in [-0.39, 0.29) is 17.4 Å². The first-order chi connectivity index (χ1) is 15.4. The van der Waals surface area contributed by atoms with Crippen LogP contribution in [-0.4, -0.2) is 65.1 Å². The SMILES string of the molecule is CCOc1ccc2nc(SCC(=O)N3CCN(c4ccc(C(C)=O)cc4F)CC3)[nH]c2c1. The first-order valence-electron chi connectivity index (χ1n) is 10.5. The van der Waals surface area contributed by atoms with E-state index in [9.17, 15) is 14.0 Å². The number of nitrogens with one attached hydrogen (secondary N) is 1. The quantitative estimate of drug-likeness (QED) is 0.431. The highest BCUT2D eigenvalue weighted by Gasteiger charge is 2.23. The lowest BCUT2D eigenvalue weighted by atomic mass is 10.1. The number of benzene rings is 2. The van der Waals surface area contributed by atoms with Gasteiger partial charge in [-0.15, -0.1) is 0 Å². The zero-order valence-electron chi connectivity index (χ0n) is 18.1. The number of thioether (sulfide) groups is 1. The van der Waals surface area contributed by atoms with Gasteiger partial charge in [-0.1, -0.05) is 11.8 Å². The number of imidazole rings is 1. The topological polar surface area (TPSA) is 78.5 Å². The minimum Gasteiger partial charge on any atom is -0.494 e. The van der Waals surface area contributed by atoms with Crippen molar-refractivity contribution in [3.8, 4) is 5.75 Å². The summed E-state index contributed by atoms with van der Waals surface area (Å²) < 4.78 is 19.9. The third kappa shape index (κ3) is 4.88. The van der Waals surface area contributed by atoms with Crippen LogP contribution in [0.4, 0.5) is 10.1 Å². The van der Waals surface area contributed by atoms with Crippen LogP contribution in [0.5, 0.6) is 5.75 Å². The average Bonchev–Trinajstić information content (AvgIpc) is 3.20. The summed E-state index contributed by atoms with van der Waals surface area (Å²) in [6.45, 7) is 6.07. The Kier molecular flexibility index (Phi) is 6.64. The lowest BCUT2D eigenvalue weighted by Crippen LogP contribution is -2.49. The molecule has 0 saturated carbocycles. The van der Waals surface area contributed by atoms with Gasteiger partial charge in [0.05, 0.1) is 29.1 Å². The molecule has 1 N–H and O–H groups in total. The summed E-state index contributed by atoms with van der Waals surface area (Å²) in [7, 11) is 0. The Hall–Kier alpha value is -3.07. The molecule has 2 aromatic carbocycles. The maximum Gasteiger partial charge on any atom is 0.233 e. The number of anilines is 1. The number of carbonyl (C=O) groups is 2. The van der Waals surface area contributed by atoms with Gasteiger partial charge in [0.1, 0.15) is 11.6 Å². The molecule has 9 heteroatoms. The van der Waals surface area contributed by atoms with E-state index in [4.69, 9.17) is 4.74 Å². The van der Waals surface area contributed by atoms with E-state index in [0.29, 0.717) is 49.2 Å². The molecule has 0 atom stereocenters. The molecule has 0 bridgehead atoms. The number of rotatable bonds is 7. The third-order valence-corrected chi connectivity index (χ3v) is 6.26. The monoisotopic (exact) mass is 456 g/mol. The van der Waals surface area contributed by atoms with Crippen molar-refractivity contribution >= 4 is 40.2 Å². The molecule has 32 heavy (non-hydrogen) atoms. The standard InChI is InChI=1S/C23H25FN4O3S/c1-3-31-17-5-6-19-20(13-17)26-23(25-19)32-14-22(30)28-10-8-27(9-11-28)21-7-4-16(15(2)29)12-18(21)24/h4-7,12-13H,3,8-11,14H2,1-2H3,(H,25,26). The van der Waals surface area contributed by atoms with Gasteiger partial charge < -0.3 is 19.5 Å². The van der Waals surface area contributed by atoms with Crippen LogP contribution >= 0.6 is 11.8 Å². The van der Waals surface area contributed by atoms with Gasteiger partial charge in [0.15, 0.2) is 10.9 Å². The number of aromatic nitrogens is 2. The van der Waals surface area contributed by atoms with E-state index in [0.717, 1.165) is 16.8 Å². The Labute approximate surface area is 189 Å².